The van der Waals surface area contributed by atoms with Crippen LogP contribution in [0, 0.1) is 13.8 Å². The molecule has 0 bridgehead atoms. The van der Waals surface area contributed by atoms with Crippen LogP contribution < -0.4 is 5.32 Å². The third-order valence-electron chi connectivity index (χ3n) is 4.17. The molecule has 3 rings (SSSR count). The van der Waals surface area contributed by atoms with E-state index >= 15 is 0 Å². The number of nitrogens with one attached hydrogen (secondary N) is 1. The summed E-state index contributed by atoms with van der Waals surface area (Å²) in [7, 11) is 0. The Labute approximate surface area is 129 Å². The number of rotatable bonds is 5. The van der Waals surface area contributed by atoms with Gasteiger partial charge in [-0.25, -0.2) is 9.97 Å². The van der Waals surface area contributed by atoms with Crippen LogP contribution in [0.1, 0.15) is 48.9 Å². The van der Waals surface area contributed by atoms with Crippen molar-refractivity contribution in [2.75, 3.05) is 11.9 Å². The lowest BCUT2D eigenvalue weighted by molar-refractivity contribution is 0.0419. The van der Waals surface area contributed by atoms with Gasteiger partial charge in [-0.2, -0.15) is 0 Å². The van der Waals surface area contributed by atoms with Crippen molar-refractivity contribution in [3.63, 3.8) is 0 Å². The zero-order valence-electron chi connectivity index (χ0n) is 13.0. The van der Waals surface area contributed by atoms with Crippen molar-refractivity contribution in [2.45, 2.75) is 59.2 Å². The van der Waals surface area contributed by atoms with Crippen molar-refractivity contribution >= 4 is 27.4 Å². The van der Waals surface area contributed by atoms with Crippen LogP contribution in [0.4, 0.5) is 5.82 Å². The van der Waals surface area contributed by atoms with Gasteiger partial charge in [-0.05, 0) is 39.2 Å². The lowest BCUT2D eigenvalue weighted by Gasteiger charge is -2.12. The Morgan fingerprint density at radius 3 is 2.71 bits per heavy atom. The first kappa shape index (κ1) is 14.7. The van der Waals surface area contributed by atoms with E-state index in [-0.39, 0.29) is 0 Å². The molecule has 0 aliphatic heterocycles. The number of nitrogens with zero attached hydrogens (tertiary/aromatic N) is 2. The predicted octanol–water partition coefficient (Wildman–Crippen LogP) is 4.20. The molecule has 2 aromatic heterocycles. The second-order valence-corrected chi connectivity index (χ2v) is 6.90. The highest BCUT2D eigenvalue weighted by Gasteiger charge is 2.18. The van der Waals surface area contributed by atoms with Gasteiger partial charge in [0.1, 0.15) is 17.3 Å². The second-order valence-electron chi connectivity index (χ2n) is 5.70. The fourth-order valence-corrected chi connectivity index (χ4v) is 3.95. The lowest BCUT2D eigenvalue weighted by atomic mass is 10.2. The molecular formula is C16H23N3OS. The average molecular weight is 305 g/mol. The van der Waals surface area contributed by atoms with Crippen molar-refractivity contribution in [1.82, 2.24) is 9.97 Å². The zero-order chi connectivity index (χ0) is 14.8. The molecule has 0 radical (unpaired) electrons. The Morgan fingerprint density at radius 1 is 1.24 bits per heavy atom. The molecule has 114 valence electrons. The van der Waals surface area contributed by atoms with E-state index in [0.29, 0.717) is 12.7 Å². The van der Waals surface area contributed by atoms with Gasteiger partial charge in [0.15, 0.2) is 5.82 Å². The van der Waals surface area contributed by atoms with Crippen LogP contribution in [0.15, 0.2) is 0 Å². The molecular weight excluding hydrogens is 282 g/mol. The van der Waals surface area contributed by atoms with Crippen LogP contribution in [-0.2, 0) is 11.3 Å². The summed E-state index contributed by atoms with van der Waals surface area (Å²) in [6, 6.07) is 0. The Morgan fingerprint density at radius 2 is 2.00 bits per heavy atom. The highest BCUT2D eigenvalue weighted by Crippen LogP contribution is 2.33. The summed E-state index contributed by atoms with van der Waals surface area (Å²) in [5.74, 6) is 1.75. The quantitative estimate of drug-likeness (QED) is 0.899. The van der Waals surface area contributed by atoms with E-state index in [9.17, 15) is 0 Å². The van der Waals surface area contributed by atoms with Crippen LogP contribution in [0.25, 0.3) is 10.2 Å². The van der Waals surface area contributed by atoms with Crippen molar-refractivity contribution in [2.24, 2.45) is 0 Å². The van der Waals surface area contributed by atoms with Crippen LogP contribution in [0.3, 0.4) is 0 Å². The SMILES string of the molecule is CCNc1nc(COC2CCCC2)nc2sc(C)c(C)c12. The van der Waals surface area contributed by atoms with Crippen molar-refractivity contribution < 1.29 is 4.74 Å². The molecule has 0 spiro atoms. The first-order valence-corrected chi connectivity index (χ1v) is 8.62. The molecule has 21 heavy (non-hydrogen) atoms. The van der Waals surface area contributed by atoms with E-state index in [1.165, 1.54) is 41.5 Å². The zero-order valence-corrected chi connectivity index (χ0v) is 13.8. The van der Waals surface area contributed by atoms with Crippen LogP contribution in [-0.4, -0.2) is 22.6 Å². The van der Waals surface area contributed by atoms with Crippen LogP contribution in [0.2, 0.25) is 0 Å². The van der Waals surface area contributed by atoms with Crippen LogP contribution in [0.5, 0.6) is 0 Å². The largest absolute Gasteiger partial charge is 0.370 e. The minimum atomic E-state index is 0.402. The smallest absolute Gasteiger partial charge is 0.158 e. The predicted molar refractivity (Wildman–Crippen MR) is 88.1 cm³/mol. The molecule has 1 saturated carbocycles. The first-order chi connectivity index (χ1) is 10.2. The van der Waals surface area contributed by atoms with E-state index in [2.05, 4.69) is 31.1 Å². The lowest BCUT2D eigenvalue weighted by Crippen LogP contribution is -2.10. The van der Waals surface area contributed by atoms with E-state index < -0.39 is 0 Å². The standard InChI is InChI=1S/C16H23N3OS/c1-4-17-15-14-10(2)11(3)21-16(14)19-13(18-15)9-20-12-7-5-6-8-12/h12H,4-9H2,1-3H3,(H,17,18,19). The molecule has 0 unspecified atom stereocenters. The number of anilines is 1. The number of thiophene rings is 1. The Kier molecular flexibility index (Phi) is 4.40. The van der Waals surface area contributed by atoms with E-state index in [1.54, 1.807) is 11.3 Å². The summed E-state index contributed by atoms with van der Waals surface area (Å²) in [5.41, 5.74) is 1.29. The van der Waals surface area contributed by atoms with Crippen molar-refractivity contribution in [3.05, 3.63) is 16.3 Å². The van der Waals surface area contributed by atoms with E-state index in [0.717, 1.165) is 23.0 Å². The minimum absolute atomic E-state index is 0.402. The fraction of sp³-hybridized carbons (Fsp3) is 0.625. The Balaban J connectivity index is 1.88. The van der Waals surface area contributed by atoms with Gasteiger partial charge in [0.25, 0.3) is 0 Å². The van der Waals surface area contributed by atoms with Gasteiger partial charge < -0.3 is 10.1 Å². The number of aromatic nitrogens is 2. The fourth-order valence-electron chi connectivity index (χ4n) is 2.90. The summed E-state index contributed by atoms with van der Waals surface area (Å²) in [6.07, 6.45) is 5.34. The number of hydrogen-bond donors (Lipinski definition) is 1. The summed E-state index contributed by atoms with van der Waals surface area (Å²) in [5, 5.41) is 4.54. The van der Waals surface area contributed by atoms with Gasteiger partial charge in [0.05, 0.1) is 11.5 Å². The Bertz CT molecular complexity index is 632. The molecule has 0 atom stereocenters. The summed E-state index contributed by atoms with van der Waals surface area (Å²) < 4.78 is 5.96. The molecule has 5 heteroatoms. The van der Waals surface area contributed by atoms with Gasteiger partial charge in [0, 0.05) is 11.4 Å². The molecule has 0 amide bonds. The molecule has 1 N–H and O–H groups in total. The third kappa shape index (κ3) is 3.04. The molecule has 0 saturated heterocycles. The number of hydrogen-bond acceptors (Lipinski definition) is 5. The van der Waals surface area contributed by atoms with Gasteiger partial charge >= 0.3 is 0 Å². The second kappa shape index (κ2) is 6.28. The van der Waals surface area contributed by atoms with Crippen molar-refractivity contribution in [1.29, 1.82) is 0 Å². The van der Waals surface area contributed by atoms with Crippen LogP contribution >= 0.6 is 11.3 Å². The third-order valence-corrected chi connectivity index (χ3v) is 5.27. The van der Waals surface area contributed by atoms with Gasteiger partial charge in [0.2, 0.25) is 0 Å². The van der Waals surface area contributed by atoms with Gasteiger partial charge in [-0.15, -0.1) is 11.3 Å². The molecule has 1 aliphatic rings. The normalized spacial score (nSPS) is 16.0. The Hall–Kier alpha value is -1.20. The maximum absolute atomic E-state index is 5.96. The van der Waals surface area contributed by atoms with Crippen molar-refractivity contribution in [3.8, 4) is 0 Å². The minimum Gasteiger partial charge on any atom is -0.370 e. The molecule has 1 aliphatic carbocycles. The maximum atomic E-state index is 5.96. The number of fused-ring (bicyclic) bond motifs is 1. The number of aryl methyl sites for hydroxylation is 2. The topological polar surface area (TPSA) is 47.0 Å². The average Bonchev–Trinajstić information content (AvgIpc) is 3.06. The highest BCUT2D eigenvalue weighted by atomic mass is 32.1. The summed E-state index contributed by atoms with van der Waals surface area (Å²) >= 11 is 1.74. The molecule has 1 fully saturated rings. The van der Waals surface area contributed by atoms with Gasteiger partial charge in [-0.1, -0.05) is 12.8 Å². The summed E-state index contributed by atoms with van der Waals surface area (Å²) in [4.78, 5) is 11.8. The van der Waals surface area contributed by atoms with Gasteiger partial charge in [-0.3, -0.25) is 0 Å². The monoisotopic (exact) mass is 305 g/mol. The highest BCUT2D eigenvalue weighted by molar-refractivity contribution is 7.18. The maximum Gasteiger partial charge on any atom is 0.158 e. The molecule has 4 nitrogen and oxygen atoms in total. The molecule has 0 aromatic carbocycles. The van der Waals surface area contributed by atoms with E-state index in [4.69, 9.17) is 9.72 Å². The number of ether oxygens (including phenoxy) is 1. The molecule has 2 aromatic rings. The first-order valence-electron chi connectivity index (χ1n) is 7.81. The van der Waals surface area contributed by atoms with E-state index in [1.807, 2.05) is 0 Å². The molecule has 2 heterocycles. The summed E-state index contributed by atoms with van der Waals surface area (Å²) in [6.45, 7) is 7.77.